The molecule has 1 aliphatic rings. The minimum absolute atomic E-state index is 0.256. The molecule has 2 aromatic carbocycles. The van der Waals surface area contributed by atoms with Crippen LogP contribution in [0.25, 0.3) is 17.1 Å². The number of methoxy groups -OCH3 is 2. The Labute approximate surface area is 256 Å². The van der Waals surface area contributed by atoms with E-state index in [1.54, 1.807) is 25.1 Å². The number of anilines is 1. The van der Waals surface area contributed by atoms with E-state index in [4.69, 9.17) is 23.7 Å². The molecule has 11 nitrogen and oxygen atoms in total. The maximum Gasteiger partial charge on any atom is 0.499 e. The van der Waals surface area contributed by atoms with Crippen LogP contribution in [-0.2, 0) is 23.7 Å². The summed E-state index contributed by atoms with van der Waals surface area (Å²) in [5.41, 5.74) is 1.22. The van der Waals surface area contributed by atoms with Gasteiger partial charge in [-0.15, -0.1) is 5.10 Å². The number of hydrogen-bond acceptors (Lipinski definition) is 9. The van der Waals surface area contributed by atoms with Crippen LogP contribution in [0.5, 0.6) is 5.75 Å². The first-order valence-electron chi connectivity index (χ1n) is 13.0. The number of hydrogen-bond donors (Lipinski definition) is 1. The quantitative estimate of drug-likeness (QED) is 0.257. The number of ether oxygens (including phenoxy) is 6. The molecule has 1 aliphatic heterocycles. The van der Waals surface area contributed by atoms with Crippen molar-refractivity contribution in [3.8, 4) is 22.8 Å². The third-order valence-corrected chi connectivity index (χ3v) is 7.14. The minimum atomic E-state index is -5.86. The third kappa shape index (κ3) is 7.46. The first-order valence-corrected chi connectivity index (χ1v) is 13.8. The molecule has 0 unspecified atom stereocenters. The van der Waals surface area contributed by atoms with Gasteiger partial charge in [-0.1, -0.05) is 0 Å². The summed E-state index contributed by atoms with van der Waals surface area (Å²) in [6.07, 6.45) is -13.9. The van der Waals surface area contributed by atoms with Gasteiger partial charge in [-0.25, -0.2) is 14.5 Å². The van der Waals surface area contributed by atoms with Crippen LogP contribution in [0.1, 0.15) is 13.8 Å². The van der Waals surface area contributed by atoms with Crippen molar-refractivity contribution in [3.05, 3.63) is 53.3 Å². The SMILES string of the molecule is CCO[C@@H]1[C@@H](OC)[C@H](C)O[C@@H](OC(=O)Nc2ccc(-c3ncn(-c4ccc(OC(F)(F)C(F)(F)F)cc4)n3)cc2Br)[C@@H]1OC. The Hall–Kier alpha value is -3.38. The summed E-state index contributed by atoms with van der Waals surface area (Å²) >= 11 is 3.40. The van der Waals surface area contributed by atoms with Crippen LogP contribution in [-0.4, -0.2) is 84.7 Å². The van der Waals surface area contributed by atoms with Crippen molar-refractivity contribution in [2.24, 2.45) is 0 Å². The van der Waals surface area contributed by atoms with Gasteiger partial charge in [0.15, 0.2) is 5.82 Å². The highest BCUT2D eigenvalue weighted by Gasteiger charge is 2.61. The molecule has 17 heteroatoms. The van der Waals surface area contributed by atoms with Gasteiger partial charge in [-0.2, -0.15) is 22.0 Å². The number of amides is 1. The zero-order valence-electron chi connectivity index (χ0n) is 23.7. The minimum Gasteiger partial charge on any atom is -0.426 e. The summed E-state index contributed by atoms with van der Waals surface area (Å²) < 4.78 is 97.2. The van der Waals surface area contributed by atoms with Gasteiger partial charge in [0.05, 0.1) is 17.5 Å². The topological polar surface area (TPSA) is 115 Å². The van der Waals surface area contributed by atoms with Gasteiger partial charge in [0.25, 0.3) is 0 Å². The number of halogens is 6. The van der Waals surface area contributed by atoms with Gasteiger partial charge in [-0.05, 0) is 72.2 Å². The highest BCUT2D eigenvalue weighted by molar-refractivity contribution is 9.10. The molecule has 2 heterocycles. The summed E-state index contributed by atoms with van der Waals surface area (Å²) in [5, 5.41) is 6.95. The van der Waals surface area contributed by atoms with Gasteiger partial charge < -0.3 is 28.4 Å². The molecule has 1 N–H and O–H groups in total. The van der Waals surface area contributed by atoms with E-state index >= 15 is 0 Å². The fourth-order valence-electron chi connectivity index (χ4n) is 4.42. The third-order valence-electron chi connectivity index (χ3n) is 6.49. The number of benzene rings is 2. The van der Waals surface area contributed by atoms with Gasteiger partial charge in [0, 0.05) is 30.9 Å². The molecule has 1 saturated heterocycles. The summed E-state index contributed by atoms with van der Waals surface area (Å²) in [4.78, 5) is 17.0. The molecule has 1 fully saturated rings. The van der Waals surface area contributed by atoms with Crippen molar-refractivity contribution >= 4 is 27.7 Å². The maximum atomic E-state index is 13.1. The molecule has 44 heavy (non-hydrogen) atoms. The van der Waals surface area contributed by atoms with Crippen molar-refractivity contribution in [1.29, 1.82) is 0 Å². The van der Waals surface area contributed by atoms with Crippen LogP contribution in [0.3, 0.4) is 0 Å². The van der Waals surface area contributed by atoms with Crippen LogP contribution < -0.4 is 10.1 Å². The number of nitrogens with one attached hydrogen (secondary N) is 1. The first kappa shape index (κ1) is 33.5. The second-order valence-corrected chi connectivity index (χ2v) is 10.2. The molecule has 4 rings (SSSR count). The fraction of sp³-hybridized carbons (Fsp3) is 0.444. The fourth-order valence-corrected chi connectivity index (χ4v) is 4.89. The Bertz CT molecular complexity index is 1430. The van der Waals surface area contributed by atoms with Crippen molar-refractivity contribution in [3.63, 3.8) is 0 Å². The Kier molecular flexibility index (Phi) is 10.5. The molecular weight excluding hydrogens is 667 g/mol. The predicted octanol–water partition coefficient (Wildman–Crippen LogP) is 5.96. The van der Waals surface area contributed by atoms with Crippen LogP contribution in [0.15, 0.2) is 53.3 Å². The van der Waals surface area contributed by atoms with E-state index in [1.165, 1.54) is 37.4 Å². The number of aromatic nitrogens is 3. The highest BCUT2D eigenvalue weighted by Crippen LogP contribution is 2.37. The summed E-state index contributed by atoms with van der Waals surface area (Å²) in [7, 11) is 2.98. The number of carbonyl (C=O) groups is 1. The second kappa shape index (κ2) is 13.7. The lowest BCUT2D eigenvalue weighted by Crippen LogP contribution is -2.60. The Morgan fingerprint density at radius 2 is 1.73 bits per heavy atom. The van der Waals surface area contributed by atoms with Crippen molar-refractivity contribution in [1.82, 2.24) is 14.8 Å². The van der Waals surface area contributed by atoms with Crippen LogP contribution in [0.4, 0.5) is 32.4 Å². The van der Waals surface area contributed by atoms with E-state index in [-0.39, 0.29) is 5.82 Å². The van der Waals surface area contributed by atoms with Gasteiger partial charge >= 0.3 is 18.4 Å². The number of alkyl halides is 5. The lowest BCUT2D eigenvalue weighted by Gasteiger charge is -2.43. The molecule has 5 atom stereocenters. The molecule has 1 aromatic heterocycles. The second-order valence-electron chi connectivity index (χ2n) is 9.38. The van der Waals surface area contributed by atoms with Gasteiger partial charge in [0.2, 0.25) is 6.29 Å². The largest absolute Gasteiger partial charge is 0.499 e. The van der Waals surface area contributed by atoms with E-state index in [1.807, 2.05) is 6.92 Å². The highest BCUT2D eigenvalue weighted by atomic mass is 79.9. The molecule has 3 aromatic rings. The molecule has 1 amide bonds. The van der Waals surface area contributed by atoms with Crippen molar-refractivity contribution in [2.75, 3.05) is 26.1 Å². The van der Waals surface area contributed by atoms with Crippen molar-refractivity contribution < 1.29 is 55.2 Å². The number of nitrogens with zero attached hydrogens (tertiary/aromatic N) is 3. The summed E-state index contributed by atoms with van der Waals surface area (Å²) in [6.45, 7) is 3.98. The van der Waals surface area contributed by atoms with Crippen LogP contribution in [0.2, 0.25) is 0 Å². The van der Waals surface area contributed by atoms with Crippen LogP contribution in [0, 0.1) is 0 Å². The van der Waals surface area contributed by atoms with E-state index in [0.29, 0.717) is 28.0 Å². The lowest BCUT2D eigenvalue weighted by atomic mass is 9.99. The Balaban J connectivity index is 1.41. The zero-order valence-corrected chi connectivity index (χ0v) is 25.3. The summed E-state index contributed by atoms with van der Waals surface area (Å²) in [6, 6.07) is 9.23. The van der Waals surface area contributed by atoms with Gasteiger partial charge in [0.1, 0.15) is 30.4 Å². The van der Waals surface area contributed by atoms with E-state index in [2.05, 4.69) is 36.1 Å². The number of rotatable bonds is 10. The normalized spacial score (nSPS) is 22.5. The molecule has 0 spiro atoms. The average molecular weight is 695 g/mol. The molecule has 0 saturated carbocycles. The zero-order chi connectivity index (χ0) is 32.2. The first-order chi connectivity index (χ1) is 20.8. The summed E-state index contributed by atoms with van der Waals surface area (Å²) in [5.74, 6) is -0.427. The Morgan fingerprint density at radius 1 is 1.05 bits per heavy atom. The monoisotopic (exact) mass is 694 g/mol. The molecule has 0 aliphatic carbocycles. The van der Waals surface area contributed by atoms with E-state index in [9.17, 15) is 26.7 Å². The number of carbonyl (C=O) groups excluding carboxylic acids is 1. The molecule has 240 valence electrons. The lowest BCUT2D eigenvalue weighted by molar-refractivity contribution is -0.360. The van der Waals surface area contributed by atoms with E-state index < -0.39 is 54.8 Å². The molecule has 0 radical (unpaired) electrons. The smallest absolute Gasteiger partial charge is 0.426 e. The predicted molar refractivity (Wildman–Crippen MR) is 148 cm³/mol. The van der Waals surface area contributed by atoms with Crippen molar-refractivity contribution in [2.45, 2.75) is 56.8 Å². The van der Waals surface area contributed by atoms with Gasteiger partial charge in [-0.3, -0.25) is 5.32 Å². The maximum absolute atomic E-state index is 13.1. The Morgan fingerprint density at radius 3 is 2.32 bits per heavy atom. The standard InChI is InChI=1S/C27H28BrF5N4O7/c1-5-41-21-20(39-3)14(2)42-24(22(21)40-4)43-25(38)35-19-11-6-15(12-18(19)28)23-34-13-37(36-23)16-7-9-17(10-8-16)44-27(32,33)26(29,30)31/h6-14,20-22,24H,5H2,1-4H3,(H,35,38)/t14-,20-,21+,22+,24-/m0/s1. The molecule has 0 bridgehead atoms. The average Bonchev–Trinajstić information content (AvgIpc) is 3.44. The van der Waals surface area contributed by atoms with E-state index in [0.717, 1.165) is 12.1 Å². The molecular formula is C27H28BrF5N4O7. The van der Waals surface area contributed by atoms with Crippen LogP contribution >= 0.6 is 15.9 Å².